The van der Waals surface area contributed by atoms with Crippen LogP contribution in [0.1, 0.15) is 30.1 Å². The molecule has 0 aliphatic heterocycles. The Balaban J connectivity index is 1.69. The maximum Gasteiger partial charge on any atom is 0.339 e. The van der Waals surface area contributed by atoms with Crippen LogP contribution in [0.25, 0.3) is 0 Å². The number of nitro benzene ring substituents is 2. The van der Waals surface area contributed by atoms with E-state index >= 15 is 0 Å². The van der Waals surface area contributed by atoms with E-state index in [1.165, 1.54) is 31.2 Å². The van der Waals surface area contributed by atoms with Crippen molar-refractivity contribution in [2.75, 3.05) is 10.6 Å². The third-order valence-corrected chi connectivity index (χ3v) is 4.77. The molecular weight excluding hydrogens is 432 g/mol. The number of rotatable bonds is 8. The first-order chi connectivity index (χ1) is 14.7. The van der Waals surface area contributed by atoms with Crippen molar-refractivity contribution in [1.29, 1.82) is 0 Å². The van der Waals surface area contributed by atoms with Gasteiger partial charge in [0.2, 0.25) is 0 Å². The van der Waals surface area contributed by atoms with Gasteiger partial charge in [-0.05, 0) is 38.0 Å². The number of halogens is 1. The molecule has 0 bridgehead atoms. The summed E-state index contributed by atoms with van der Waals surface area (Å²) < 4.78 is 5.09. The highest BCUT2D eigenvalue weighted by atomic mass is 35.5. The Morgan fingerprint density at radius 2 is 1.81 bits per heavy atom. The summed E-state index contributed by atoms with van der Waals surface area (Å²) in [6, 6.07) is 7.54. The van der Waals surface area contributed by atoms with Crippen molar-refractivity contribution in [3.63, 3.8) is 0 Å². The smallest absolute Gasteiger partial charge is 0.339 e. The zero-order valence-corrected chi connectivity index (χ0v) is 16.9. The van der Waals surface area contributed by atoms with E-state index < -0.39 is 27.8 Å². The molecular formula is C19H17ClN4O7. The van der Waals surface area contributed by atoms with E-state index in [0.29, 0.717) is 5.69 Å². The van der Waals surface area contributed by atoms with Gasteiger partial charge in [0.1, 0.15) is 5.69 Å². The molecule has 1 aliphatic rings. The molecule has 2 N–H and O–H groups in total. The molecule has 1 aliphatic carbocycles. The Morgan fingerprint density at radius 1 is 1.10 bits per heavy atom. The first-order valence-electron chi connectivity index (χ1n) is 9.16. The van der Waals surface area contributed by atoms with Gasteiger partial charge in [-0.15, -0.1) is 0 Å². The van der Waals surface area contributed by atoms with E-state index in [4.69, 9.17) is 16.3 Å². The van der Waals surface area contributed by atoms with Crippen LogP contribution in [0.2, 0.25) is 5.02 Å². The van der Waals surface area contributed by atoms with Gasteiger partial charge in [-0.1, -0.05) is 11.6 Å². The van der Waals surface area contributed by atoms with Gasteiger partial charge in [-0.2, -0.15) is 0 Å². The number of hydrogen-bond donors (Lipinski definition) is 2. The van der Waals surface area contributed by atoms with Gasteiger partial charge in [-0.25, -0.2) is 4.79 Å². The number of benzene rings is 2. The average Bonchev–Trinajstić information content (AvgIpc) is 3.53. The molecule has 1 atom stereocenters. The fraction of sp³-hybridized carbons (Fsp3) is 0.263. The molecule has 0 aromatic heterocycles. The van der Waals surface area contributed by atoms with Gasteiger partial charge in [0, 0.05) is 24.2 Å². The van der Waals surface area contributed by atoms with E-state index in [0.717, 1.165) is 25.0 Å². The van der Waals surface area contributed by atoms with E-state index in [1.54, 1.807) is 0 Å². The van der Waals surface area contributed by atoms with E-state index in [9.17, 15) is 29.8 Å². The fourth-order valence-electron chi connectivity index (χ4n) is 2.62. The van der Waals surface area contributed by atoms with Crippen LogP contribution in [-0.4, -0.2) is 33.9 Å². The number of anilines is 2. The number of carbonyl (C=O) groups excluding carboxylic acids is 2. The lowest BCUT2D eigenvalue weighted by Gasteiger charge is -2.14. The Labute approximate surface area is 180 Å². The Hall–Kier alpha value is -3.73. The molecule has 12 heteroatoms. The molecule has 1 fully saturated rings. The van der Waals surface area contributed by atoms with Gasteiger partial charge >= 0.3 is 5.97 Å². The van der Waals surface area contributed by atoms with Crippen LogP contribution in [0.4, 0.5) is 22.7 Å². The largest absolute Gasteiger partial charge is 0.449 e. The minimum atomic E-state index is -1.30. The summed E-state index contributed by atoms with van der Waals surface area (Å²) in [5, 5.41) is 27.6. The number of nitrogens with zero attached hydrogens (tertiary/aromatic N) is 2. The van der Waals surface area contributed by atoms with Gasteiger partial charge in [0.25, 0.3) is 17.3 Å². The van der Waals surface area contributed by atoms with Crippen molar-refractivity contribution < 1.29 is 24.2 Å². The summed E-state index contributed by atoms with van der Waals surface area (Å²) in [5.74, 6) is -1.72. The molecule has 0 heterocycles. The second kappa shape index (κ2) is 8.96. The highest BCUT2D eigenvalue weighted by Crippen LogP contribution is 2.32. The second-order valence-electron chi connectivity index (χ2n) is 6.87. The SMILES string of the molecule is CC(OC(=O)c1ccc(NC2CC2)c([N+](=O)[O-])c1)C(=O)Nc1cc([N+](=O)[O-])ccc1Cl. The summed E-state index contributed by atoms with van der Waals surface area (Å²) in [6.45, 7) is 1.29. The van der Waals surface area contributed by atoms with Gasteiger partial charge in [0.05, 0.1) is 26.1 Å². The number of ether oxygens (including phenoxy) is 1. The lowest BCUT2D eigenvalue weighted by molar-refractivity contribution is -0.384. The zero-order chi connectivity index (χ0) is 22.7. The number of hydrogen-bond acceptors (Lipinski definition) is 8. The monoisotopic (exact) mass is 448 g/mol. The van der Waals surface area contributed by atoms with Crippen LogP contribution in [0, 0.1) is 20.2 Å². The summed E-state index contributed by atoms with van der Waals surface area (Å²) in [7, 11) is 0. The topological polar surface area (TPSA) is 154 Å². The molecule has 1 amide bonds. The van der Waals surface area contributed by atoms with Crippen molar-refractivity contribution in [2.24, 2.45) is 0 Å². The van der Waals surface area contributed by atoms with Crippen molar-refractivity contribution in [2.45, 2.75) is 31.9 Å². The fourth-order valence-corrected chi connectivity index (χ4v) is 2.78. The highest BCUT2D eigenvalue weighted by molar-refractivity contribution is 6.33. The van der Waals surface area contributed by atoms with Crippen LogP contribution >= 0.6 is 11.6 Å². The van der Waals surface area contributed by atoms with Crippen LogP contribution < -0.4 is 10.6 Å². The molecule has 3 rings (SSSR count). The molecule has 2 aromatic rings. The molecule has 0 radical (unpaired) electrons. The van der Waals surface area contributed by atoms with Crippen molar-refractivity contribution >= 4 is 46.2 Å². The number of amides is 1. The van der Waals surface area contributed by atoms with E-state index in [2.05, 4.69) is 10.6 Å². The minimum Gasteiger partial charge on any atom is -0.449 e. The predicted octanol–water partition coefficient (Wildman–Crippen LogP) is 3.91. The van der Waals surface area contributed by atoms with Crippen molar-refractivity contribution in [1.82, 2.24) is 0 Å². The third kappa shape index (κ3) is 5.45. The van der Waals surface area contributed by atoms with Gasteiger partial charge in [-0.3, -0.25) is 25.0 Å². The highest BCUT2D eigenvalue weighted by Gasteiger charge is 2.27. The molecule has 2 aromatic carbocycles. The van der Waals surface area contributed by atoms with E-state index in [1.807, 2.05) is 0 Å². The normalized spacial score (nSPS) is 13.7. The van der Waals surface area contributed by atoms with Crippen LogP contribution in [-0.2, 0) is 9.53 Å². The Kier molecular flexibility index (Phi) is 6.35. The van der Waals surface area contributed by atoms with Gasteiger partial charge < -0.3 is 15.4 Å². The van der Waals surface area contributed by atoms with Crippen LogP contribution in [0.3, 0.4) is 0 Å². The first-order valence-corrected chi connectivity index (χ1v) is 9.54. The van der Waals surface area contributed by atoms with Crippen LogP contribution in [0.5, 0.6) is 0 Å². The molecule has 1 unspecified atom stereocenters. The number of nitro groups is 2. The molecule has 0 spiro atoms. The number of esters is 1. The first kappa shape index (κ1) is 22.0. The van der Waals surface area contributed by atoms with E-state index in [-0.39, 0.29) is 33.7 Å². The summed E-state index contributed by atoms with van der Waals surface area (Å²) >= 11 is 5.94. The lowest BCUT2D eigenvalue weighted by atomic mass is 10.1. The van der Waals surface area contributed by atoms with Gasteiger partial charge in [0.15, 0.2) is 6.10 Å². The summed E-state index contributed by atoms with van der Waals surface area (Å²) in [5.41, 5.74) is -0.371. The molecule has 31 heavy (non-hydrogen) atoms. The maximum atomic E-state index is 12.4. The predicted molar refractivity (Wildman–Crippen MR) is 111 cm³/mol. The lowest BCUT2D eigenvalue weighted by Crippen LogP contribution is -2.30. The third-order valence-electron chi connectivity index (χ3n) is 4.44. The maximum absolute atomic E-state index is 12.4. The molecule has 11 nitrogen and oxygen atoms in total. The van der Waals surface area contributed by atoms with Crippen molar-refractivity contribution in [3.8, 4) is 0 Å². The molecule has 162 valence electrons. The Bertz CT molecular complexity index is 1070. The average molecular weight is 449 g/mol. The zero-order valence-electron chi connectivity index (χ0n) is 16.2. The molecule has 1 saturated carbocycles. The van der Waals surface area contributed by atoms with Crippen LogP contribution in [0.15, 0.2) is 36.4 Å². The molecule has 0 saturated heterocycles. The number of nitrogens with one attached hydrogen (secondary N) is 2. The van der Waals surface area contributed by atoms with Crippen molar-refractivity contribution in [3.05, 3.63) is 67.2 Å². The standard InChI is InChI=1S/C19H17ClN4O7/c1-10(18(25)22-16-9-13(23(27)28)5-6-14(16)20)31-19(26)11-2-7-15(21-12-3-4-12)17(8-11)24(29)30/h2,5-10,12,21H,3-4H2,1H3,(H,22,25). The Morgan fingerprint density at radius 3 is 2.42 bits per heavy atom. The summed E-state index contributed by atoms with van der Waals surface area (Å²) in [6.07, 6.45) is 0.538. The number of carbonyl (C=O) groups is 2. The quantitative estimate of drug-likeness (QED) is 0.350. The minimum absolute atomic E-state index is 0.0186. The summed E-state index contributed by atoms with van der Waals surface area (Å²) in [4.78, 5) is 45.7. The second-order valence-corrected chi connectivity index (χ2v) is 7.27. The number of non-ortho nitro benzene ring substituents is 1.